The highest BCUT2D eigenvalue weighted by Crippen LogP contribution is 2.38. The highest BCUT2D eigenvalue weighted by molar-refractivity contribution is 7.93. The van der Waals surface area contributed by atoms with E-state index in [0.717, 1.165) is 22.5 Å². The van der Waals surface area contributed by atoms with Crippen LogP contribution in [-0.2, 0) is 41.1 Å². The number of thiazole rings is 1. The number of anilines is 1. The number of nitrogens with two attached hydrogens (primary N) is 1. The lowest BCUT2D eigenvalue weighted by atomic mass is 9.99. The molecule has 28 heavy (non-hydrogen) atoms. The molecule has 9 heteroatoms. The van der Waals surface area contributed by atoms with Crippen molar-refractivity contribution in [3.8, 4) is 0 Å². The van der Waals surface area contributed by atoms with Crippen LogP contribution in [0.5, 0.6) is 0 Å². The van der Waals surface area contributed by atoms with E-state index in [1.807, 2.05) is 6.07 Å². The second kappa shape index (κ2) is 6.91. The van der Waals surface area contributed by atoms with Gasteiger partial charge < -0.3 is 10.4 Å². The Hall–Kier alpha value is -1.81. The summed E-state index contributed by atoms with van der Waals surface area (Å²) < 4.78 is 50.1. The van der Waals surface area contributed by atoms with Crippen molar-refractivity contribution >= 4 is 33.0 Å². The van der Waals surface area contributed by atoms with Gasteiger partial charge >= 0.3 is 6.03 Å². The molecule has 7 nitrogen and oxygen atoms in total. The van der Waals surface area contributed by atoms with Gasteiger partial charge in [-0.1, -0.05) is 6.07 Å². The van der Waals surface area contributed by atoms with Crippen molar-refractivity contribution in [3.63, 3.8) is 0 Å². The van der Waals surface area contributed by atoms with Crippen LogP contribution in [0.2, 0.25) is 0 Å². The summed E-state index contributed by atoms with van der Waals surface area (Å²) in [7, 11) is -3.68. The maximum absolute atomic E-state index is 12.9. The van der Waals surface area contributed by atoms with Gasteiger partial charge in [0.05, 0.1) is 6.20 Å². The molecule has 2 aliphatic carbocycles. The van der Waals surface area contributed by atoms with Crippen molar-refractivity contribution in [3.05, 3.63) is 39.5 Å². The molecule has 2 amide bonds. The third-order valence-corrected chi connectivity index (χ3v) is 7.82. The van der Waals surface area contributed by atoms with Crippen molar-refractivity contribution in [1.29, 1.82) is 0 Å². The fourth-order valence-electron chi connectivity index (χ4n) is 3.34. The smallest absolute Gasteiger partial charge is 0.354 e. The minimum absolute atomic E-state index is 0.0129. The highest BCUT2D eigenvalue weighted by Gasteiger charge is 2.26. The molecule has 0 saturated heterocycles. The van der Waals surface area contributed by atoms with Crippen molar-refractivity contribution in [1.82, 2.24) is 4.98 Å². The zero-order chi connectivity index (χ0) is 23.7. The van der Waals surface area contributed by atoms with Crippen molar-refractivity contribution in [2.24, 2.45) is 9.50 Å². The number of carbonyl (C=O) groups is 1. The lowest BCUT2D eigenvalue weighted by molar-refractivity contribution is 0.0783. The Kier molecular flexibility index (Phi) is 3.72. The quantitative estimate of drug-likeness (QED) is 0.701. The van der Waals surface area contributed by atoms with E-state index in [2.05, 4.69) is 14.7 Å². The van der Waals surface area contributed by atoms with Crippen molar-refractivity contribution in [2.45, 2.75) is 62.1 Å². The summed E-state index contributed by atoms with van der Waals surface area (Å²) >= 11 is 0.879. The molecule has 0 saturated carbocycles. The van der Waals surface area contributed by atoms with Crippen LogP contribution in [0.25, 0.3) is 0 Å². The molecule has 1 heterocycles. The first-order chi connectivity index (χ1) is 14.6. The molecule has 1 aromatic heterocycles. The van der Waals surface area contributed by atoms with Gasteiger partial charge in [0.2, 0.25) is 0 Å². The molecular weight excluding hydrogens is 396 g/mol. The number of urea groups is 1. The molecule has 4 N–H and O–H groups in total. The van der Waals surface area contributed by atoms with Crippen molar-refractivity contribution < 1.29 is 19.6 Å². The first-order valence-electron chi connectivity index (χ1n) is 10.9. The second-order valence-electron chi connectivity index (χ2n) is 7.31. The minimum Gasteiger partial charge on any atom is -0.383 e. The highest BCUT2D eigenvalue weighted by atomic mass is 32.2. The number of carbonyl (C=O) groups excluding carboxylic acids is 1. The van der Waals surface area contributed by atoms with Crippen LogP contribution >= 0.6 is 11.3 Å². The SMILES string of the molecule is [2H]C1([2H])CCc2cc3c(c(NC(=O)N=[S@@](N)(=O)c4cnc(C(C)(C)O)s4)c21)C([2H])([2H])CC3. The molecule has 0 bridgehead atoms. The lowest BCUT2D eigenvalue weighted by Gasteiger charge is -2.15. The number of hydrogen-bond donors (Lipinski definition) is 3. The van der Waals surface area contributed by atoms with Gasteiger partial charge in [-0.25, -0.2) is 19.1 Å². The number of nitrogens with zero attached hydrogens (tertiary/aromatic N) is 2. The molecule has 0 aliphatic heterocycles. The lowest BCUT2D eigenvalue weighted by Crippen LogP contribution is -2.18. The average molecular weight is 425 g/mol. The number of rotatable bonds is 3. The summed E-state index contributed by atoms with van der Waals surface area (Å²) in [6.07, 6.45) is -0.874. The van der Waals surface area contributed by atoms with Crippen LogP contribution in [0.4, 0.5) is 10.5 Å². The van der Waals surface area contributed by atoms with Gasteiger partial charge in [0, 0.05) is 11.2 Å². The topological polar surface area (TPSA) is 118 Å². The second-order valence-corrected chi connectivity index (χ2v) is 10.4. The number of amides is 2. The molecule has 1 atom stereocenters. The van der Waals surface area contributed by atoms with Crippen LogP contribution < -0.4 is 10.5 Å². The van der Waals surface area contributed by atoms with Gasteiger partial charge in [-0.3, -0.25) is 0 Å². The Morgan fingerprint density at radius 3 is 2.50 bits per heavy atom. The monoisotopic (exact) mass is 424 g/mol. The number of nitrogens with one attached hydrogen (secondary N) is 1. The van der Waals surface area contributed by atoms with E-state index in [9.17, 15) is 14.1 Å². The van der Waals surface area contributed by atoms with Gasteiger partial charge in [0.25, 0.3) is 0 Å². The average Bonchev–Trinajstić information content (AvgIpc) is 3.31. The van der Waals surface area contributed by atoms with E-state index in [1.165, 1.54) is 20.0 Å². The minimum atomic E-state index is -3.68. The number of aryl methyl sites for hydroxylation is 2. The maximum atomic E-state index is 12.9. The van der Waals surface area contributed by atoms with Crippen LogP contribution in [0.1, 0.15) is 59.4 Å². The first kappa shape index (κ1) is 15.1. The molecule has 0 spiro atoms. The van der Waals surface area contributed by atoms with Crippen LogP contribution in [-0.4, -0.2) is 20.3 Å². The Morgan fingerprint density at radius 1 is 1.36 bits per heavy atom. The molecule has 2 aliphatic rings. The van der Waals surface area contributed by atoms with Gasteiger partial charge in [0.1, 0.15) is 14.8 Å². The standard InChI is InChI=1S/C19H24N4O3S2/c1-19(2,25)17-21-10-15(27-17)28(20,26)23-18(24)22-16-13-7-3-5-11(13)9-12-6-4-8-14(12)16/h9-10,25H,3-8H2,1-2H3,(H3,20,22,23,24,26)/t28-/m1/s1/i7D2,8D2. The number of aliphatic hydroxyl groups is 1. The third kappa shape index (κ3) is 3.59. The van der Waals surface area contributed by atoms with Gasteiger partial charge in [-0.2, -0.15) is 0 Å². The molecule has 2 aromatic rings. The van der Waals surface area contributed by atoms with E-state index >= 15 is 0 Å². The summed E-state index contributed by atoms with van der Waals surface area (Å²) in [5, 5.41) is 18.6. The summed E-state index contributed by atoms with van der Waals surface area (Å²) in [4.78, 5) is 16.8. The number of benzene rings is 1. The van der Waals surface area contributed by atoms with Crippen LogP contribution in [0, 0.1) is 0 Å². The fraction of sp³-hybridized carbons (Fsp3) is 0.474. The molecule has 0 unspecified atom stereocenters. The van der Waals surface area contributed by atoms with Crippen LogP contribution in [0.15, 0.2) is 20.8 Å². The Labute approximate surface area is 174 Å². The Bertz CT molecular complexity index is 1200. The zero-order valence-corrected chi connectivity index (χ0v) is 17.2. The molecular formula is C19H24N4O3S2. The van der Waals surface area contributed by atoms with E-state index in [1.54, 1.807) is 0 Å². The van der Waals surface area contributed by atoms with E-state index in [-0.39, 0.29) is 38.9 Å². The summed E-state index contributed by atoms with van der Waals surface area (Å²) in [5.74, 6) is 0. The fourth-order valence-corrected chi connectivity index (χ4v) is 5.41. The van der Waals surface area contributed by atoms with Crippen molar-refractivity contribution in [2.75, 3.05) is 5.32 Å². The third-order valence-electron chi connectivity index (χ3n) is 4.63. The molecule has 0 fully saturated rings. The van der Waals surface area contributed by atoms with E-state index < -0.39 is 34.3 Å². The molecule has 0 radical (unpaired) electrons. The zero-order valence-electron chi connectivity index (χ0n) is 19.5. The molecule has 1 aromatic carbocycles. The normalized spacial score (nSPS) is 23.4. The van der Waals surface area contributed by atoms with Gasteiger partial charge in [0.15, 0.2) is 9.92 Å². The summed E-state index contributed by atoms with van der Waals surface area (Å²) in [6.45, 7) is 3.02. The predicted molar refractivity (Wildman–Crippen MR) is 110 cm³/mol. The molecule has 150 valence electrons. The number of hydrogen-bond acceptors (Lipinski definition) is 5. The maximum Gasteiger partial charge on any atom is 0.354 e. The number of fused-ring (bicyclic) bond motifs is 2. The van der Waals surface area contributed by atoms with E-state index in [0.29, 0.717) is 12.8 Å². The van der Waals surface area contributed by atoms with Gasteiger partial charge in [-0.15, -0.1) is 15.7 Å². The Morgan fingerprint density at radius 2 is 1.96 bits per heavy atom. The largest absolute Gasteiger partial charge is 0.383 e. The van der Waals surface area contributed by atoms with Crippen LogP contribution in [0.3, 0.4) is 0 Å². The summed E-state index contributed by atoms with van der Waals surface area (Å²) in [5.41, 5.74) is 0.739. The first-order valence-corrected chi connectivity index (χ1v) is 11.3. The number of aromatic nitrogens is 1. The Balaban J connectivity index is 1.76. The summed E-state index contributed by atoms with van der Waals surface area (Å²) in [6, 6.07) is 0.769. The van der Waals surface area contributed by atoms with Gasteiger partial charge in [-0.05, 0) is 74.5 Å². The van der Waals surface area contributed by atoms with E-state index in [4.69, 9.17) is 10.6 Å². The molecule has 4 rings (SSSR count). The predicted octanol–water partition coefficient (Wildman–Crippen LogP) is 3.28.